The standard InChI is InChI=1S/C22H43N7O5S2/c1-13(2)12-17(20(32)28-16(21(33)34)6-5-9-26-22(24)25)29-19(31)15(8-11-36-4)27-18(30)14(23)7-10-35-3/h13-17H,5-12,23H2,1-4H3,(H,27,30)(H,28,32)(H,29,31)(H,33,34)(H4,24,25,26). The Morgan fingerprint density at radius 1 is 0.833 bits per heavy atom. The molecule has 0 aliphatic rings. The molecule has 208 valence electrons. The monoisotopic (exact) mass is 549 g/mol. The zero-order chi connectivity index (χ0) is 27.7. The summed E-state index contributed by atoms with van der Waals surface area (Å²) >= 11 is 3.09. The van der Waals surface area contributed by atoms with E-state index in [1.807, 2.05) is 26.4 Å². The summed E-state index contributed by atoms with van der Waals surface area (Å²) in [4.78, 5) is 54.1. The van der Waals surface area contributed by atoms with Crippen LogP contribution in [0.4, 0.5) is 0 Å². The van der Waals surface area contributed by atoms with Crippen molar-refractivity contribution in [2.75, 3.05) is 30.6 Å². The maximum Gasteiger partial charge on any atom is 0.326 e. The largest absolute Gasteiger partial charge is 0.480 e. The van der Waals surface area contributed by atoms with Crippen LogP contribution in [0.25, 0.3) is 0 Å². The second-order valence-corrected chi connectivity index (χ2v) is 10.7. The smallest absolute Gasteiger partial charge is 0.326 e. The second kappa shape index (κ2) is 19.0. The molecule has 0 bridgehead atoms. The zero-order valence-electron chi connectivity index (χ0n) is 21.6. The van der Waals surface area contributed by atoms with E-state index in [-0.39, 0.29) is 31.3 Å². The molecule has 10 N–H and O–H groups in total. The van der Waals surface area contributed by atoms with Crippen molar-refractivity contribution < 1.29 is 24.3 Å². The summed E-state index contributed by atoms with van der Waals surface area (Å²) < 4.78 is 0. The first kappa shape index (κ1) is 33.8. The fraction of sp³-hybridized carbons (Fsp3) is 0.773. The van der Waals surface area contributed by atoms with Crippen LogP contribution in [0.3, 0.4) is 0 Å². The van der Waals surface area contributed by atoms with E-state index in [0.717, 1.165) is 0 Å². The molecule has 36 heavy (non-hydrogen) atoms. The topological polar surface area (TPSA) is 215 Å². The highest BCUT2D eigenvalue weighted by Gasteiger charge is 2.30. The molecule has 3 amide bonds. The summed E-state index contributed by atoms with van der Waals surface area (Å²) in [5.74, 6) is -1.51. The van der Waals surface area contributed by atoms with E-state index in [1.165, 1.54) is 11.8 Å². The van der Waals surface area contributed by atoms with E-state index in [1.54, 1.807) is 11.8 Å². The number of aliphatic imine (C=N–C) groups is 1. The Kier molecular flexibility index (Phi) is 17.8. The van der Waals surface area contributed by atoms with Crippen LogP contribution >= 0.6 is 23.5 Å². The summed E-state index contributed by atoms with van der Waals surface area (Å²) in [6.07, 6.45) is 5.37. The molecule has 0 fully saturated rings. The summed E-state index contributed by atoms with van der Waals surface area (Å²) in [6.45, 7) is 3.99. The number of thioether (sulfide) groups is 2. The quantitative estimate of drug-likeness (QED) is 0.0620. The molecule has 0 radical (unpaired) electrons. The van der Waals surface area contributed by atoms with Gasteiger partial charge >= 0.3 is 5.97 Å². The maximum atomic E-state index is 13.1. The molecule has 0 spiro atoms. The Morgan fingerprint density at radius 2 is 1.36 bits per heavy atom. The molecule has 0 aromatic heterocycles. The summed E-state index contributed by atoms with van der Waals surface area (Å²) in [7, 11) is 0. The lowest BCUT2D eigenvalue weighted by molar-refractivity contribution is -0.142. The number of amides is 3. The summed E-state index contributed by atoms with van der Waals surface area (Å²) in [5.41, 5.74) is 16.5. The van der Waals surface area contributed by atoms with Crippen molar-refractivity contribution in [3.63, 3.8) is 0 Å². The molecule has 0 aromatic rings. The fourth-order valence-electron chi connectivity index (χ4n) is 3.17. The Morgan fingerprint density at radius 3 is 1.89 bits per heavy atom. The van der Waals surface area contributed by atoms with E-state index in [4.69, 9.17) is 17.2 Å². The van der Waals surface area contributed by atoms with Crippen LogP contribution < -0.4 is 33.2 Å². The van der Waals surface area contributed by atoms with Crippen LogP contribution in [-0.4, -0.2) is 89.5 Å². The van der Waals surface area contributed by atoms with Gasteiger partial charge in [0.1, 0.15) is 18.1 Å². The first-order valence-corrected chi connectivity index (χ1v) is 14.6. The lowest BCUT2D eigenvalue weighted by atomic mass is 10.0. The van der Waals surface area contributed by atoms with E-state index in [9.17, 15) is 24.3 Å². The minimum atomic E-state index is -1.20. The van der Waals surface area contributed by atoms with Crippen molar-refractivity contribution in [2.24, 2.45) is 28.1 Å². The molecule has 12 nitrogen and oxygen atoms in total. The lowest BCUT2D eigenvalue weighted by Crippen LogP contribution is -2.57. The number of carbonyl (C=O) groups is 4. The normalized spacial score (nSPS) is 14.3. The Balaban J connectivity index is 5.39. The zero-order valence-corrected chi connectivity index (χ0v) is 23.3. The van der Waals surface area contributed by atoms with Crippen LogP contribution in [0, 0.1) is 5.92 Å². The Bertz CT molecular complexity index is 736. The van der Waals surface area contributed by atoms with Crippen molar-refractivity contribution in [2.45, 2.75) is 70.1 Å². The molecular formula is C22H43N7O5S2. The van der Waals surface area contributed by atoms with E-state index in [0.29, 0.717) is 30.8 Å². The number of guanidine groups is 1. The number of rotatable bonds is 19. The van der Waals surface area contributed by atoms with Gasteiger partial charge in [-0.05, 0) is 62.0 Å². The van der Waals surface area contributed by atoms with Gasteiger partial charge in [0, 0.05) is 6.54 Å². The predicted octanol–water partition coefficient (Wildman–Crippen LogP) is -0.541. The van der Waals surface area contributed by atoms with Crippen molar-refractivity contribution >= 4 is 53.2 Å². The molecule has 14 heteroatoms. The Hall–Kier alpha value is -2.19. The molecule has 0 heterocycles. The minimum absolute atomic E-state index is 0.0328. The van der Waals surface area contributed by atoms with Gasteiger partial charge in [-0.3, -0.25) is 19.4 Å². The van der Waals surface area contributed by atoms with Crippen molar-refractivity contribution in [1.82, 2.24) is 16.0 Å². The number of hydrogen-bond donors (Lipinski definition) is 7. The molecule has 4 unspecified atom stereocenters. The van der Waals surface area contributed by atoms with Crippen LogP contribution in [-0.2, 0) is 19.2 Å². The minimum Gasteiger partial charge on any atom is -0.480 e. The molecule has 0 aliphatic heterocycles. The van der Waals surface area contributed by atoms with Crippen molar-refractivity contribution in [1.29, 1.82) is 0 Å². The van der Waals surface area contributed by atoms with Gasteiger partial charge in [-0.2, -0.15) is 23.5 Å². The highest BCUT2D eigenvalue weighted by atomic mass is 32.2. The van der Waals surface area contributed by atoms with Gasteiger partial charge in [-0.15, -0.1) is 0 Å². The third-order valence-corrected chi connectivity index (χ3v) is 6.40. The van der Waals surface area contributed by atoms with Crippen LogP contribution in [0.15, 0.2) is 4.99 Å². The number of nitrogens with one attached hydrogen (secondary N) is 3. The third-order valence-electron chi connectivity index (χ3n) is 5.11. The van der Waals surface area contributed by atoms with E-state index >= 15 is 0 Å². The number of carbonyl (C=O) groups excluding carboxylic acids is 3. The van der Waals surface area contributed by atoms with Gasteiger partial charge in [-0.1, -0.05) is 13.8 Å². The van der Waals surface area contributed by atoms with Crippen molar-refractivity contribution in [3.05, 3.63) is 0 Å². The van der Waals surface area contributed by atoms with Crippen LogP contribution in [0.1, 0.15) is 46.0 Å². The first-order chi connectivity index (χ1) is 16.9. The number of nitrogens with zero attached hydrogens (tertiary/aromatic N) is 1. The van der Waals surface area contributed by atoms with Gasteiger partial charge in [0.15, 0.2) is 5.96 Å². The maximum absolute atomic E-state index is 13.1. The fourth-order valence-corrected chi connectivity index (χ4v) is 4.13. The highest BCUT2D eigenvalue weighted by molar-refractivity contribution is 7.98. The molecule has 0 aromatic carbocycles. The number of hydrogen-bond acceptors (Lipinski definition) is 8. The number of nitrogens with two attached hydrogens (primary N) is 3. The van der Waals surface area contributed by atoms with Gasteiger partial charge in [0.25, 0.3) is 0 Å². The first-order valence-electron chi connectivity index (χ1n) is 11.9. The Labute approximate surface area is 222 Å². The van der Waals surface area contributed by atoms with Crippen LogP contribution in [0.5, 0.6) is 0 Å². The second-order valence-electron chi connectivity index (χ2n) is 8.77. The third kappa shape index (κ3) is 15.0. The van der Waals surface area contributed by atoms with Crippen LogP contribution in [0.2, 0.25) is 0 Å². The number of carboxylic acid groups (broad SMARTS) is 1. The molecule has 0 rings (SSSR count). The average molecular weight is 550 g/mol. The molecule has 0 saturated carbocycles. The average Bonchev–Trinajstić information content (AvgIpc) is 2.80. The highest BCUT2D eigenvalue weighted by Crippen LogP contribution is 2.09. The summed E-state index contributed by atoms with van der Waals surface area (Å²) in [6, 6.07) is -3.76. The van der Waals surface area contributed by atoms with Gasteiger partial charge in [0.2, 0.25) is 17.7 Å². The SMILES string of the molecule is CSCCC(N)C(=O)NC(CCSC)C(=O)NC(CC(C)C)C(=O)NC(CCCN=C(N)N)C(=O)O. The van der Waals surface area contributed by atoms with E-state index in [2.05, 4.69) is 20.9 Å². The van der Waals surface area contributed by atoms with E-state index < -0.39 is 47.9 Å². The molecule has 0 aliphatic carbocycles. The summed E-state index contributed by atoms with van der Waals surface area (Å²) in [5, 5.41) is 17.4. The van der Waals surface area contributed by atoms with Gasteiger partial charge in [-0.25, -0.2) is 4.79 Å². The number of carboxylic acids is 1. The lowest BCUT2D eigenvalue weighted by Gasteiger charge is -2.26. The van der Waals surface area contributed by atoms with Crippen molar-refractivity contribution in [3.8, 4) is 0 Å². The number of aliphatic carboxylic acids is 1. The molecular weight excluding hydrogens is 506 g/mol. The molecule has 4 atom stereocenters. The molecule has 0 saturated heterocycles. The van der Waals surface area contributed by atoms with Gasteiger partial charge in [0.05, 0.1) is 6.04 Å². The predicted molar refractivity (Wildman–Crippen MR) is 147 cm³/mol. The van der Waals surface area contributed by atoms with Gasteiger partial charge < -0.3 is 38.3 Å².